The molecule has 2 aliphatic rings. The van der Waals surface area contributed by atoms with E-state index in [2.05, 4.69) is 10.3 Å². The molecule has 8 heteroatoms. The minimum absolute atomic E-state index is 0.199. The number of carbonyl (C=O) groups excluding carboxylic acids is 3. The molecule has 0 aliphatic carbocycles. The van der Waals surface area contributed by atoms with Gasteiger partial charge < -0.3 is 0 Å². The molecule has 0 bridgehead atoms. The summed E-state index contributed by atoms with van der Waals surface area (Å²) in [6.07, 6.45) is 0. The minimum atomic E-state index is -0.950. The highest BCUT2D eigenvalue weighted by molar-refractivity contribution is 6.25. The van der Waals surface area contributed by atoms with E-state index >= 15 is 0 Å². The maximum atomic E-state index is 13.4. The molecule has 2 unspecified atom stereocenters. The first-order valence-electron chi connectivity index (χ1n) is 10.6. The molecule has 2 atom stereocenters. The van der Waals surface area contributed by atoms with Gasteiger partial charge in [-0.05, 0) is 43.3 Å². The molecule has 2 aliphatic heterocycles. The molecule has 0 radical (unpaired) electrons. The van der Waals surface area contributed by atoms with Crippen LogP contribution in [0.15, 0.2) is 95.3 Å². The summed E-state index contributed by atoms with van der Waals surface area (Å²) in [5, 5.41) is 9.37. The van der Waals surface area contributed by atoms with E-state index in [9.17, 15) is 14.4 Å². The smallest absolute Gasteiger partial charge is 0.263 e. The Morgan fingerprint density at radius 2 is 1.42 bits per heavy atom. The van der Waals surface area contributed by atoms with E-state index in [0.29, 0.717) is 17.1 Å². The average Bonchev–Trinajstić information content (AvgIpc) is 3.35. The first kappa shape index (κ1) is 20.6. The fraction of sp³-hybridized carbons (Fsp3) is 0.160. The number of hydrogen-bond acceptors (Lipinski definition) is 6. The first-order chi connectivity index (χ1) is 16.0. The second-order valence-electron chi connectivity index (χ2n) is 7.94. The van der Waals surface area contributed by atoms with E-state index in [-0.39, 0.29) is 12.5 Å². The number of para-hydroxylation sites is 2. The number of rotatable bonds is 5. The van der Waals surface area contributed by atoms with Gasteiger partial charge in [-0.25, -0.2) is 4.90 Å². The van der Waals surface area contributed by atoms with Crippen LogP contribution in [-0.2, 0) is 14.4 Å². The third-order valence-electron chi connectivity index (χ3n) is 5.73. The van der Waals surface area contributed by atoms with Gasteiger partial charge in [0.05, 0.1) is 5.69 Å². The highest BCUT2D eigenvalue weighted by Gasteiger charge is 2.55. The van der Waals surface area contributed by atoms with Gasteiger partial charge in [0.1, 0.15) is 6.54 Å². The maximum Gasteiger partial charge on any atom is 0.263 e. The molecule has 164 valence electrons. The molecule has 0 spiro atoms. The molecule has 3 amide bonds. The fourth-order valence-electron chi connectivity index (χ4n) is 4.10. The lowest BCUT2D eigenvalue weighted by Crippen LogP contribution is -2.44. The predicted molar refractivity (Wildman–Crippen MR) is 123 cm³/mol. The first-order valence-corrected chi connectivity index (χ1v) is 10.6. The lowest BCUT2D eigenvalue weighted by Gasteiger charge is -2.26. The molecule has 0 N–H and O–H groups in total. The molecule has 5 rings (SSSR count). The highest BCUT2D eigenvalue weighted by atomic mass is 16.2. The average molecular weight is 439 g/mol. The zero-order valence-corrected chi connectivity index (χ0v) is 17.9. The summed E-state index contributed by atoms with van der Waals surface area (Å²) in [5.41, 5.74) is 2.89. The fourth-order valence-corrected chi connectivity index (χ4v) is 4.10. The van der Waals surface area contributed by atoms with Crippen LogP contribution in [0, 0.1) is 6.92 Å². The Labute approximate surface area is 190 Å². The third-order valence-corrected chi connectivity index (χ3v) is 5.73. The molecular formula is C25H21N5O3. The predicted octanol–water partition coefficient (Wildman–Crippen LogP) is 3.65. The van der Waals surface area contributed by atoms with Gasteiger partial charge >= 0.3 is 0 Å². The van der Waals surface area contributed by atoms with Gasteiger partial charge in [-0.3, -0.25) is 24.3 Å². The number of hydrogen-bond donors (Lipinski definition) is 0. The van der Waals surface area contributed by atoms with E-state index in [1.165, 1.54) is 5.01 Å². The Morgan fingerprint density at radius 1 is 0.848 bits per heavy atom. The van der Waals surface area contributed by atoms with Gasteiger partial charge in [0, 0.05) is 11.4 Å². The quantitative estimate of drug-likeness (QED) is 0.568. The van der Waals surface area contributed by atoms with E-state index in [4.69, 9.17) is 0 Å². The van der Waals surface area contributed by atoms with Crippen molar-refractivity contribution in [3.8, 4) is 0 Å². The van der Waals surface area contributed by atoms with E-state index in [1.54, 1.807) is 17.0 Å². The minimum Gasteiger partial charge on any atom is -0.279 e. The number of amides is 3. The van der Waals surface area contributed by atoms with E-state index in [0.717, 1.165) is 10.5 Å². The number of imide groups is 1. The molecule has 33 heavy (non-hydrogen) atoms. The Morgan fingerprint density at radius 3 is 2.00 bits per heavy atom. The van der Waals surface area contributed by atoms with Crippen LogP contribution in [0.3, 0.4) is 0 Å². The molecular weight excluding hydrogens is 418 g/mol. The zero-order chi connectivity index (χ0) is 22.9. The van der Waals surface area contributed by atoms with E-state index < -0.39 is 23.9 Å². The number of aryl methyl sites for hydroxylation is 1. The van der Waals surface area contributed by atoms with Crippen LogP contribution in [0.5, 0.6) is 0 Å². The summed E-state index contributed by atoms with van der Waals surface area (Å²) >= 11 is 0. The van der Waals surface area contributed by atoms with Gasteiger partial charge in [0.25, 0.3) is 17.7 Å². The largest absolute Gasteiger partial charge is 0.279 e. The van der Waals surface area contributed by atoms with Crippen molar-refractivity contribution in [1.82, 2.24) is 5.01 Å². The van der Waals surface area contributed by atoms with Crippen molar-refractivity contribution in [3.63, 3.8) is 0 Å². The van der Waals surface area contributed by atoms with Gasteiger partial charge in [-0.15, -0.1) is 0 Å². The normalized spacial score (nSPS) is 19.2. The molecule has 2 heterocycles. The number of fused-ring (bicyclic) bond motifs is 1. The summed E-state index contributed by atoms with van der Waals surface area (Å²) in [5.74, 6) is -1.16. The summed E-state index contributed by atoms with van der Waals surface area (Å²) in [7, 11) is 0. The molecule has 3 aromatic rings. The van der Waals surface area contributed by atoms with Crippen molar-refractivity contribution in [2.24, 2.45) is 10.3 Å². The van der Waals surface area contributed by atoms with Gasteiger partial charge in [0.2, 0.25) is 0 Å². The topological polar surface area (TPSA) is 85.7 Å². The van der Waals surface area contributed by atoms with Crippen molar-refractivity contribution in [2.45, 2.75) is 19.0 Å². The Kier molecular flexibility index (Phi) is 5.18. The highest BCUT2D eigenvalue weighted by Crippen LogP contribution is 2.33. The number of carbonyl (C=O) groups is 3. The molecule has 1 fully saturated rings. The van der Waals surface area contributed by atoms with Crippen LogP contribution >= 0.6 is 0 Å². The van der Waals surface area contributed by atoms with Crippen LogP contribution in [-0.4, -0.2) is 41.4 Å². The van der Waals surface area contributed by atoms with Crippen LogP contribution in [0.1, 0.15) is 5.56 Å². The monoisotopic (exact) mass is 439 g/mol. The van der Waals surface area contributed by atoms with Gasteiger partial charge in [0.15, 0.2) is 12.1 Å². The summed E-state index contributed by atoms with van der Waals surface area (Å²) in [6.45, 7) is 1.73. The van der Waals surface area contributed by atoms with Gasteiger partial charge in [-0.1, -0.05) is 59.3 Å². The number of anilines is 3. The lowest BCUT2D eigenvalue weighted by atomic mass is 10.1. The van der Waals surface area contributed by atoms with Gasteiger partial charge in [-0.2, -0.15) is 5.11 Å². The van der Waals surface area contributed by atoms with Crippen molar-refractivity contribution < 1.29 is 14.4 Å². The van der Waals surface area contributed by atoms with Crippen molar-refractivity contribution >= 4 is 34.8 Å². The van der Waals surface area contributed by atoms with Crippen LogP contribution < -0.4 is 9.80 Å². The van der Waals surface area contributed by atoms with Crippen molar-refractivity contribution in [2.75, 3.05) is 16.3 Å². The summed E-state index contributed by atoms with van der Waals surface area (Å²) < 4.78 is 0. The Hall–Kier alpha value is -4.33. The standard InChI is InChI=1S/C25H21N5O3/c1-17-12-14-20(15-13-17)30-24(32)22-23(25(30)33)28(27-26-22)16-21(31)29(18-8-4-2-5-9-18)19-10-6-3-7-11-19/h2-15,22-23H,16H2,1H3. The zero-order valence-electron chi connectivity index (χ0n) is 17.9. The second kappa shape index (κ2) is 8.31. The maximum absolute atomic E-state index is 13.4. The van der Waals surface area contributed by atoms with E-state index in [1.807, 2.05) is 79.7 Å². The Balaban J connectivity index is 1.41. The van der Waals surface area contributed by atoms with Crippen molar-refractivity contribution in [3.05, 3.63) is 90.5 Å². The van der Waals surface area contributed by atoms with Crippen LogP contribution in [0.2, 0.25) is 0 Å². The molecule has 1 saturated heterocycles. The summed E-state index contributed by atoms with van der Waals surface area (Å²) in [4.78, 5) is 42.3. The molecule has 0 saturated carbocycles. The molecule has 3 aromatic carbocycles. The SMILES string of the molecule is Cc1ccc(N2C(=O)C3N=NN(CC(=O)N(c4ccccc4)c4ccccc4)C3C2=O)cc1. The summed E-state index contributed by atoms with van der Waals surface area (Å²) in [6, 6.07) is 23.7. The van der Waals surface area contributed by atoms with Crippen LogP contribution in [0.25, 0.3) is 0 Å². The van der Waals surface area contributed by atoms with Crippen molar-refractivity contribution in [1.29, 1.82) is 0 Å². The number of nitrogens with zero attached hydrogens (tertiary/aromatic N) is 5. The molecule has 8 nitrogen and oxygen atoms in total. The molecule has 0 aromatic heterocycles. The third kappa shape index (κ3) is 3.65. The Bertz CT molecular complexity index is 1190. The number of benzene rings is 3. The lowest BCUT2D eigenvalue weighted by molar-refractivity contribution is -0.124. The van der Waals surface area contributed by atoms with Crippen LogP contribution in [0.4, 0.5) is 17.1 Å². The second-order valence-corrected chi connectivity index (χ2v) is 7.94.